The minimum atomic E-state index is -0.842. The van der Waals surface area contributed by atoms with Crippen molar-refractivity contribution in [1.82, 2.24) is 10.2 Å². The van der Waals surface area contributed by atoms with Crippen molar-refractivity contribution in [3.63, 3.8) is 0 Å². The third-order valence-electron chi connectivity index (χ3n) is 3.89. The van der Waals surface area contributed by atoms with Gasteiger partial charge in [-0.3, -0.25) is 9.69 Å². The van der Waals surface area contributed by atoms with E-state index in [0.717, 1.165) is 19.4 Å². The summed E-state index contributed by atoms with van der Waals surface area (Å²) in [5.41, 5.74) is 0.596. The van der Waals surface area contributed by atoms with Crippen LogP contribution in [0.15, 0.2) is 24.3 Å². The molecular formula is C16H23FN2O2. The van der Waals surface area contributed by atoms with Gasteiger partial charge in [0, 0.05) is 6.04 Å². The lowest BCUT2D eigenvalue weighted by atomic mass is 10.0. The van der Waals surface area contributed by atoms with Crippen molar-refractivity contribution in [2.24, 2.45) is 0 Å². The van der Waals surface area contributed by atoms with E-state index in [1.165, 1.54) is 24.3 Å². The SMILES string of the molecule is CCN(CC(=O)NC(C)C(O)c1ccc(F)cc1)C1CC1. The van der Waals surface area contributed by atoms with Crippen LogP contribution < -0.4 is 5.32 Å². The first-order valence-electron chi connectivity index (χ1n) is 7.48. The number of hydrogen-bond donors (Lipinski definition) is 2. The highest BCUT2D eigenvalue weighted by atomic mass is 19.1. The lowest BCUT2D eigenvalue weighted by Gasteiger charge is -2.24. The normalized spacial score (nSPS) is 17.6. The van der Waals surface area contributed by atoms with Gasteiger partial charge in [-0.25, -0.2) is 4.39 Å². The summed E-state index contributed by atoms with van der Waals surface area (Å²) >= 11 is 0. The van der Waals surface area contributed by atoms with Crippen LogP contribution >= 0.6 is 0 Å². The fourth-order valence-electron chi connectivity index (χ4n) is 2.45. The number of hydrogen-bond acceptors (Lipinski definition) is 3. The zero-order valence-electron chi connectivity index (χ0n) is 12.6. The molecule has 1 aliphatic carbocycles. The molecule has 2 atom stereocenters. The molecule has 0 radical (unpaired) electrons. The van der Waals surface area contributed by atoms with E-state index < -0.39 is 12.1 Å². The Morgan fingerprint density at radius 2 is 2.05 bits per heavy atom. The molecule has 0 spiro atoms. The molecule has 0 aliphatic heterocycles. The van der Waals surface area contributed by atoms with Crippen molar-refractivity contribution in [3.8, 4) is 0 Å². The lowest BCUT2D eigenvalue weighted by Crippen LogP contribution is -2.43. The van der Waals surface area contributed by atoms with E-state index in [0.29, 0.717) is 18.2 Å². The number of aliphatic hydroxyl groups excluding tert-OH is 1. The molecule has 1 aromatic rings. The van der Waals surface area contributed by atoms with Gasteiger partial charge in [0.05, 0.1) is 18.7 Å². The van der Waals surface area contributed by atoms with Crippen LogP contribution in [0, 0.1) is 5.82 Å². The molecule has 1 saturated carbocycles. The Bertz CT molecular complexity index is 474. The second kappa shape index (κ2) is 7.00. The molecule has 2 unspecified atom stereocenters. The number of carbonyl (C=O) groups excluding carboxylic acids is 1. The molecular weight excluding hydrogens is 271 g/mol. The van der Waals surface area contributed by atoms with Crippen LogP contribution in [0.5, 0.6) is 0 Å². The van der Waals surface area contributed by atoms with Crippen molar-refractivity contribution in [3.05, 3.63) is 35.6 Å². The summed E-state index contributed by atoms with van der Waals surface area (Å²) in [6, 6.07) is 5.80. The van der Waals surface area contributed by atoms with Gasteiger partial charge in [0.25, 0.3) is 0 Å². The molecule has 1 aromatic carbocycles. The molecule has 5 heteroatoms. The van der Waals surface area contributed by atoms with Gasteiger partial charge in [0.2, 0.25) is 5.91 Å². The topological polar surface area (TPSA) is 52.6 Å². The molecule has 2 N–H and O–H groups in total. The Labute approximate surface area is 125 Å². The van der Waals surface area contributed by atoms with Gasteiger partial charge < -0.3 is 10.4 Å². The van der Waals surface area contributed by atoms with E-state index in [1.54, 1.807) is 6.92 Å². The Morgan fingerprint density at radius 1 is 1.43 bits per heavy atom. The van der Waals surface area contributed by atoms with Gasteiger partial charge in [-0.05, 0) is 44.0 Å². The second-order valence-electron chi connectivity index (χ2n) is 5.65. The first kappa shape index (κ1) is 15.9. The summed E-state index contributed by atoms with van der Waals surface area (Å²) in [6.45, 7) is 5.01. The predicted octanol–water partition coefficient (Wildman–Crippen LogP) is 1.85. The summed E-state index contributed by atoms with van der Waals surface area (Å²) < 4.78 is 12.9. The quantitative estimate of drug-likeness (QED) is 0.807. The van der Waals surface area contributed by atoms with Crippen molar-refractivity contribution in [2.45, 2.75) is 44.9 Å². The lowest BCUT2D eigenvalue weighted by molar-refractivity contribution is -0.123. The van der Waals surface area contributed by atoms with Crippen LogP contribution in [0.4, 0.5) is 4.39 Å². The first-order chi connectivity index (χ1) is 10.0. The number of likely N-dealkylation sites (N-methyl/N-ethyl adjacent to an activating group) is 1. The van der Waals surface area contributed by atoms with E-state index in [2.05, 4.69) is 10.2 Å². The Kier molecular flexibility index (Phi) is 5.31. The molecule has 1 aliphatic rings. The third-order valence-corrected chi connectivity index (χ3v) is 3.89. The van der Waals surface area contributed by atoms with Gasteiger partial charge in [0.15, 0.2) is 0 Å². The number of halogens is 1. The number of amides is 1. The summed E-state index contributed by atoms with van der Waals surface area (Å²) in [5.74, 6) is -0.428. The van der Waals surface area contributed by atoms with E-state index in [1.807, 2.05) is 6.92 Å². The number of nitrogens with one attached hydrogen (secondary N) is 1. The van der Waals surface area contributed by atoms with Gasteiger partial charge >= 0.3 is 0 Å². The molecule has 0 bridgehead atoms. The minimum Gasteiger partial charge on any atom is -0.386 e. The zero-order chi connectivity index (χ0) is 15.4. The fourth-order valence-corrected chi connectivity index (χ4v) is 2.45. The summed E-state index contributed by atoms with van der Waals surface area (Å²) in [4.78, 5) is 14.2. The van der Waals surface area contributed by atoms with Crippen LogP contribution in [0.1, 0.15) is 38.4 Å². The Morgan fingerprint density at radius 3 is 2.57 bits per heavy atom. The first-order valence-corrected chi connectivity index (χ1v) is 7.48. The van der Waals surface area contributed by atoms with E-state index in [-0.39, 0.29) is 11.7 Å². The van der Waals surface area contributed by atoms with Crippen molar-refractivity contribution in [2.75, 3.05) is 13.1 Å². The molecule has 0 aromatic heterocycles. The van der Waals surface area contributed by atoms with Crippen LogP contribution in [0.2, 0.25) is 0 Å². The number of carbonyl (C=O) groups is 1. The molecule has 0 heterocycles. The number of benzene rings is 1. The van der Waals surface area contributed by atoms with Crippen LogP contribution in [-0.4, -0.2) is 41.1 Å². The largest absolute Gasteiger partial charge is 0.386 e. The third kappa shape index (κ3) is 4.51. The van der Waals surface area contributed by atoms with Crippen molar-refractivity contribution >= 4 is 5.91 Å². The molecule has 4 nitrogen and oxygen atoms in total. The summed E-state index contributed by atoms with van der Waals surface area (Å²) in [7, 11) is 0. The monoisotopic (exact) mass is 294 g/mol. The van der Waals surface area contributed by atoms with Crippen LogP contribution in [-0.2, 0) is 4.79 Å². The van der Waals surface area contributed by atoms with E-state index in [4.69, 9.17) is 0 Å². The number of rotatable bonds is 7. The van der Waals surface area contributed by atoms with Crippen LogP contribution in [0.3, 0.4) is 0 Å². The summed E-state index contributed by atoms with van der Waals surface area (Å²) in [6.07, 6.45) is 1.48. The zero-order valence-corrected chi connectivity index (χ0v) is 12.6. The smallest absolute Gasteiger partial charge is 0.234 e. The molecule has 1 amide bonds. The molecule has 0 saturated heterocycles. The van der Waals surface area contributed by atoms with E-state index >= 15 is 0 Å². The van der Waals surface area contributed by atoms with Gasteiger partial charge in [-0.1, -0.05) is 19.1 Å². The number of aliphatic hydroxyl groups is 1. The second-order valence-corrected chi connectivity index (χ2v) is 5.65. The van der Waals surface area contributed by atoms with E-state index in [9.17, 15) is 14.3 Å². The fraction of sp³-hybridized carbons (Fsp3) is 0.562. The van der Waals surface area contributed by atoms with Gasteiger partial charge in [-0.15, -0.1) is 0 Å². The molecule has 116 valence electrons. The highest BCUT2D eigenvalue weighted by Crippen LogP contribution is 2.26. The summed E-state index contributed by atoms with van der Waals surface area (Å²) in [5, 5.41) is 13.0. The highest BCUT2D eigenvalue weighted by molar-refractivity contribution is 5.78. The Balaban J connectivity index is 1.86. The maximum absolute atomic E-state index is 12.9. The predicted molar refractivity (Wildman–Crippen MR) is 79.2 cm³/mol. The maximum atomic E-state index is 12.9. The Hall–Kier alpha value is -1.46. The number of nitrogens with zero attached hydrogens (tertiary/aromatic N) is 1. The van der Waals surface area contributed by atoms with Crippen molar-refractivity contribution in [1.29, 1.82) is 0 Å². The highest BCUT2D eigenvalue weighted by Gasteiger charge is 2.29. The standard InChI is InChI=1S/C16H23FN2O2/c1-3-19(14-8-9-14)10-15(20)18-11(2)16(21)12-4-6-13(17)7-5-12/h4-7,11,14,16,21H,3,8-10H2,1-2H3,(H,18,20). The van der Waals surface area contributed by atoms with Gasteiger partial charge in [0.1, 0.15) is 5.82 Å². The van der Waals surface area contributed by atoms with Crippen molar-refractivity contribution < 1.29 is 14.3 Å². The molecule has 21 heavy (non-hydrogen) atoms. The van der Waals surface area contributed by atoms with Crippen LogP contribution in [0.25, 0.3) is 0 Å². The average molecular weight is 294 g/mol. The maximum Gasteiger partial charge on any atom is 0.234 e. The van der Waals surface area contributed by atoms with Gasteiger partial charge in [-0.2, -0.15) is 0 Å². The average Bonchev–Trinajstić information content (AvgIpc) is 3.29. The molecule has 1 fully saturated rings. The minimum absolute atomic E-state index is 0.0857. The molecule has 2 rings (SSSR count).